The van der Waals surface area contributed by atoms with Crippen molar-refractivity contribution in [2.45, 2.75) is 0 Å². The second kappa shape index (κ2) is 4.16. The fraction of sp³-hybridized carbons (Fsp3) is 0. The molecule has 0 aliphatic rings. The number of hydrogen-bond donors (Lipinski definition) is 0. The lowest BCUT2D eigenvalue weighted by Gasteiger charge is -2.01. The van der Waals surface area contributed by atoms with Crippen LogP contribution < -0.4 is 0 Å². The smallest absolute Gasteiger partial charge is 0.286 e. The van der Waals surface area contributed by atoms with Crippen LogP contribution in [0.15, 0.2) is 48.8 Å². The van der Waals surface area contributed by atoms with Crippen LogP contribution in [0.25, 0.3) is 16.9 Å². The summed E-state index contributed by atoms with van der Waals surface area (Å²) < 4.78 is 14.5. The summed E-state index contributed by atoms with van der Waals surface area (Å²) in [5.74, 6) is -0.330. The molecule has 0 saturated carbocycles. The van der Waals surface area contributed by atoms with Crippen LogP contribution in [0.3, 0.4) is 0 Å². The van der Waals surface area contributed by atoms with Gasteiger partial charge in [0.05, 0.1) is 23.0 Å². The van der Waals surface area contributed by atoms with Crippen molar-refractivity contribution in [3.63, 3.8) is 0 Å². The fourth-order valence-corrected chi connectivity index (χ4v) is 1.91. The first kappa shape index (κ1) is 11.3. The Kier molecular flexibility index (Phi) is 2.49. The molecule has 0 fully saturated rings. The second-order valence-electron chi connectivity index (χ2n) is 4.02. The van der Waals surface area contributed by atoms with E-state index in [0.717, 1.165) is 5.56 Å². The molecule has 0 saturated heterocycles. The van der Waals surface area contributed by atoms with Gasteiger partial charge < -0.3 is 0 Å². The highest BCUT2D eigenvalue weighted by Gasteiger charge is 2.11. The summed E-state index contributed by atoms with van der Waals surface area (Å²) >= 11 is 0. The van der Waals surface area contributed by atoms with Crippen LogP contribution in [0, 0.1) is 15.9 Å². The van der Waals surface area contributed by atoms with Crippen LogP contribution >= 0.6 is 0 Å². The number of rotatable bonds is 2. The Morgan fingerprint density at radius 2 is 1.89 bits per heavy atom. The van der Waals surface area contributed by atoms with Gasteiger partial charge in [-0.05, 0) is 30.3 Å². The molecule has 3 rings (SSSR count). The number of imidazole rings is 1. The van der Waals surface area contributed by atoms with Gasteiger partial charge in [-0.2, -0.15) is 0 Å². The monoisotopic (exact) mass is 257 g/mol. The number of halogens is 1. The first-order valence-corrected chi connectivity index (χ1v) is 5.52. The van der Waals surface area contributed by atoms with E-state index in [1.807, 2.05) is 0 Å². The van der Waals surface area contributed by atoms with Crippen molar-refractivity contribution in [2.75, 3.05) is 0 Å². The zero-order chi connectivity index (χ0) is 13.4. The molecule has 1 aromatic carbocycles. The lowest BCUT2D eigenvalue weighted by Crippen LogP contribution is -1.93. The minimum Gasteiger partial charge on any atom is -0.293 e. The van der Waals surface area contributed by atoms with Crippen molar-refractivity contribution < 1.29 is 9.31 Å². The van der Waals surface area contributed by atoms with E-state index >= 15 is 0 Å². The Labute approximate surface area is 107 Å². The number of fused-ring (bicyclic) bond motifs is 1. The molecule has 0 aliphatic heterocycles. The molecule has 2 heterocycles. The van der Waals surface area contributed by atoms with E-state index in [2.05, 4.69) is 4.98 Å². The maximum atomic E-state index is 12.9. The standard InChI is InChI=1S/C13H8FN3O2/c14-10-3-1-9(2-4-10)12-7-15-13-6-5-11(17(18)19)8-16(12)13/h1-8H. The summed E-state index contributed by atoms with van der Waals surface area (Å²) in [4.78, 5) is 14.5. The van der Waals surface area contributed by atoms with Gasteiger partial charge in [0.1, 0.15) is 11.5 Å². The van der Waals surface area contributed by atoms with Gasteiger partial charge in [-0.1, -0.05) is 0 Å². The molecule has 19 heavy (non-hydrogen) atoms. The number of pyridine rings is 1. The first-order chi connectivity index (χ1) is 9.15. The van der Waals surface area contributed by atoms with Crippen molar-refractivity contribution in [2.24, 2.45) is 0 Å². The Hall–Kier alpha value is -2.76. The minimum atomic E-state index is -0.464. The van der Waals surface area contributed by atoms with Crippen molar-refractivity contribution in [3.05, 3.63) is 64.7 Å². The van der Waals surface area contributed by atoms with E-state index in [0.29, 0.717) is 11.3 Å². The van der Waals surface area contributed by atoms with E-state index in [1.165, 1.54) is 24.4 Å². The number of hydrogen-bond acceptors (Lipinski definition) is 3. The quantitative estimate of drug-likeness (QED) is 0.523. The molecule has 0 spiro atoms. The van der Waals surface area contributed by atoms with Crippen molar-refractivity contribution in [1.82, 2.24) is 9.38 Å². The topological polar surface area (TPSA) is 60.4 Å². The lowest BCUT2D eigenvalue weighted by atomic mass is 10.1. The molecular formula is C13H8FN3O2. The van der Waals surface area contributed by atoms with Gasteiger partial charge in [0.2, 0.25) is 0 Å². The number of benzene rings is 1. The zero-order valence-corrected chi connectivity index (χ0v) is 9.65. The van der Waals surface area contributed by atoms with Crippen LogP contribution in [0.2, 0.25) is 0 Å². The third-order valence-corrected chi connectivity index (χ3v) is 2.84. The predicted molar refractivity (Wildman–Crippen MR) is 67.2 cm³/mol. The van der Waals surface area contributed by atoms with Gasteiger partial charge in [-0.15, -0.1) is 0 Å². The maximum Gasteiger partial charge on any atom is 0.286 e. The molecule has 0 aliphatic carbocycles. The summed E-state index contributed by atoms with van der Waals surface area (Å²) in [6, 6.07) is 8.87. The molecule has 0 bridgehead atoms. The van der Waals surface area contributed by atoms with Gasteiger partial charge in [0.25, 0.3) is 5.69 Å². The minimum absolute atomic E-state index is 0.0196. The fourth-order valence-electron chi connectivity index (χ4n) is 1.91. The van der Waals surface area contributed by atoms with Gasteiger partial charge in [-0.25, -0.2) is 9.37 Å². The summed E-state index contributed by atoms with van der Waals surface area (Å²) in [7, 11) is 0. The van der Waals surface area contributed by atoms with E-state index in [4.69, 9.17) is 0 Å². The van der Waals surface area contributed by atoms with Crippen molar-refractivity contribution >= 4 is 11.3 Å². The molecule has 0 N–H and O–H groups in total. The highest BCUT2D eigenvalue weighted by molar-refractivity contribution is 5.64. The highest BCUT2D eigenvalue weighted by atomic mass is 19.1. The summed E-state index contributed by atoms with van der Waals surface area (Å²) in [5.41, 5.74) is 2.01. The van der Waals surface area contributed by atoms with Crippen molar-refractivity contribution in [1.29, 1.82) is 0 Å². The van der Waals surface area contributed by atoms with E-state index in [-0.39, 0.29) is 11.5 Å². The molecule has 5 nitrogen and oxygen atoms in total. The summed E-state index contributed by atoms with van der Waals surface area (Å²) in [5, 5.41) is 10.8. The molecule has 0 radical (unpaired) electrons. The maximum absolute atomic E-state index is 12.9. The first-order valence-electron chi connectivity index (χ1n) is 5.52. The molecule has 2 aromatic heterocycles. The van der Waals surface area contributed by atoms with Crippen molar-refractivity contribution in [3.8, 4) is 11.3 Å². The molecule has 0 unspecified atom stereocenters. The largest absolute Gasteiger partial charge is 0.293 e. The van der Waals surface area contributed by atoms with Gasteiger partial charge >= 0.3 is 0 Å². The van der Waals surface area contributed by atoms with Gasteiger partial charge in [0, 0.05) is 11.6 Å². The molecule has 0 atom stereocenters. The average molecular weight is 257 g/mol. The number of nitro groups is 1. The Balaban J connectivity index is 2.21. The van der Waals surface area contributed by atoms with E-state index in [9.17, 15) is 14.5 Å². The number of aromatic nitrogens is 2. The highest BCUT2D eigenvalue weighted by Crippen LogP contribution is 2.23. The van der Waals surface area contributed by atoms with Crippen LogP contribution in [-0.4, -0.2) is 14.3 Å². The number of nitrogens with zero attached hydrogens (tertiary/aromatic N) is 3. The van der Waals surface area contributed by atoms with Crippen LogP contribution in [0.1, 0.15) is 0 Å². The Morgan fingerprint density at radius 1 is 1.16 bits per heavy atom. The molecule has 94 valence electrons. The molecule has 3 aromatic rings. The third kappa shape index (κ3) is 1.93. The third-order valence-electron chi connectivity index (χ3n) is 2.84. The Morgan fingerprint density at radius 3 is 2.58 bits per heavy atom. The average Bonchev–Trinajstić information content (AvgIpc) is 2.82. The Bertz CT molecular complexity index is 765. The van der Waals surface area contributed by atoms with Crippen LogP contribution in [0.4, 0.5) is 10.1 Å². The van der Waals surface area contributed by atoms with E-state index < -0.39 is 4.92 Å². The molecular weight excluding hydrogens is 249 g/mol. The van der Waals surface area contributed by atoms with E-state index in [1.54, 1.807) is 28.8 Å². The predicted octanol–water partition coefficient (Wildman–Crippen LogP) is 3.05. The zero-order valence-electron chi connectivity index (χ0n) is 9.65. The normalized spacial score (nSPS) is 10.8. The lowest BCUT2D eigenvalue weighted by molar-refractivity contribution is -0.385. The van der Waals surface area contributed by atoms with Crippen LogP contribution in [-0.2, 0) is 0 Å². The molecule has 6 heteroatoms. The van der Waals surface area contributed by atoms with Gasteiger partial charge in [-0.3, -0.25) is 14.5 Å². The second-order valence-corrected chi connectivity index (χ2v) is 4.02. The van der Waals surface area contributed by atoms with Crippen LogP contribution in [0.5, 0.6) is 0 Å². The SMILES string of the molecule is O=[N+]([O-])c1ccc2ncc(-c3ccc(F)cc3)n2c1. The van der Waals surface area contributed by atoms with Gasteiger partial charge in [0.15, 0.2) is 0 Å². The summed E-state index contributed by atoms with van der Waals surface area (Å²) in [6.45, 7) is 0. The summed E-state index contributed by atoms with van der Waals surface area (Å²) in [6.07, 6.45) is 3.01. The molecule has 0 amide bonds.